The topological polar surface area (TPSA) is 105 Å². The minimum Gasteiger partial charge on any atom is -0.394 e. The lowest BCUT2D eigenvalue weighted by atomic mass is 10.2. The maximum absolute atomic E-state index is 14.3. The summed E-state index contributed by atoms with van der Waals surface area (Å²) >= 11 is 0. The van der Waals surface area contributed by atoms with Crippen molar-refractivity contribution in [3.05, 3.63) is 33.1 Å². The second-order valence-corrected chi connectivity index (χ2v) is 3.78. The summed E-state index contributed by atoms with van der Waals surface area (Å²) in [5, 5.41) is 18.3. The summed E-state index contributed by atoms with van der Waals surface area (Å²) in [5.74, 6) is -2.56. The summed E-state index contributed by atoms with van der Waals surface area (Å²) in [5.41, 5.74) is -1.64. The molecular formula is C9H12F2N2O5. The number of rotatable bonds is 2. The SMILES string of the molecule is F.O=c1ccn([C@@]2(F)C[C@H](O)[C@@H](CO)O2)c(=O)[nH]1. The number of aromatic amines is 1. The molecule has 18 heavy (non-hydrogen) atoms. The van der Waals surface area contributed by atoms with Crippen molar-refractivity contribution < 1.29 is 24.0 Å². The molecule has 0 aromatic carbocycles. The van der Waals surface area contributed by atoms with Crippen LogP contribution < -0.4 is 11.2 Å². The molecule has 0 aliphatic carbocycles. The van der Waals surface area contributed by atoms with Gasteiger partial charge in [-0.1, -0.05) is 0 Å². The maximum Gasteiger partial charge on any atom is 0.332 e. The highest BCUT2D eigenvalue weighted by Crippen LogP contribution is 2.35. The molecule has 102 valence electrons. The van der Waals surface area contributed by atoms with Gasteiger partial charge in [-0.05, 0) is 0 Å². The molecule has 0 spiro atoms. The van der Waals surface area contributed by atoms with Gasteiger partial charge in [-0.3, -0.25) is 14.5 Å². The van der Waals surface area contributed by atoms with Gasteiger partial charge in [-0.15, -0.1) is 0 Å². The Morgan fingerprint density at radius 2 is 2.28 bits per heavy atom. The molecule has 0 unspecified atom stereocenters. The Bertz CT molecular complexity index is 530. The highest BCUT2D eigenvalue weighted by Gasteiger charge is 2.48. The fourth-order valence-electron chi connectivity index (χ4n) is 1.74. The van der Waals surface area contributed by atoms with Gasteiger partial charge in [0, 0.05) is 12.3 Å². The highest BCUT2D eigenvalue weighted by molar-refractivity contribution is 4.91. The van der Waals surface area contributed by atoms with E-state index >= 15 is 0 Å². The third-order valence-electron chi connectivity index (χ3n) is 2.59. The summed E-state index contributed by atoms with van der Waals surface area (Å²) in [6, 6.07) is 0.963. The number of aromatic nitrogens is 2. The number of aliphatic hydroxyl groups is 2. The van der Waals surface area contributed by atoms with Crippen molar-refractivity contribution in [2.24, 2.45) is 0 Å². The summed E-state index contributed by atoms with van der Waals surface area (Å²) in [7, 11) is 0. The van der Waals surface area contributed by atoms with E-state index in [1.165, 1.54) is 0 Å². The van der Waals surface area contributed by atoms with Gasteiger partial charge in [0.2, 0.25) is 0 Å². The molecule has 0 bridgehead atoms. The molecule has 7 nitrogen and oxygen atoms in total. The van der Waals surface area contributed by atoms with Crippen molar-refractivity contribution in [1.82, 2.24) is 9.55 Å². The van der Waals surface area contributed by atoms with Gasteiger partial charge in [0.1, 0.15) is 6.10 Å². The van der Waals surface area contributed by atoms with Gasteiger partial charge in [-0.25, -0.2) is 9.36 Å². The average Bonchev–Trinajstić information content (AvgIpc) is 2.54. The van der Waals surface area contributed by atoms with Crippen LogP contribution in [0.4, 0.5) is 9.09 Å². The summed E-state index contributed by atoms with van der Waals surface area (Å²) in [6.07, 6.45) is -1.87. The van der Waals surface area contributed by atoms with Crippen LogP contribution in [0.1, 0.15) is 6.42 Å². The van der Waals surface area contributed by atoms with Crippen LogP contribution in [0.25, 0.3) is 0 Å². The van der Waals surface area contributed by atoms with Gasteiger partial charge < -0.3 is 14.9 Å². The molecule has 1 fully saturated rings. The zero-order valence-corrected chi connectivity index (χ0v) is 9.08. The van der Waals surface area contributed by atoms with Crippen LogP contribution in [0, 0.1) is 0 Å². The first-order valence-corrected chi connectivity index (χ1v) is 4.94. The van der Waals surface area contributed by atoms with Gasteiger partial charge in [0.05, 0.1) is 19.1 Å². The maximum atomic E-state index is 14.3. The third-order valence-corrected chi connectivity index (χ3v) is 2.59. The van der Waals surface area contributed by atoms with Gasteiger partial charge in [-0.2, -0.15) is 4.39 Å². The Morgan fingerprint density at radius 3 is 2.78 bits per heavy atom. The van der Waals surface area contributed by atoms with Crippen LogP contribution in [0.3, 0.4) is 0 Å². The fourth-order valence-corrected chi connectivity index (χ4v) is 1.74. The van der Waals surface area contributed by atoms with Gasteiger partial charge >= 0.3 is 5.69 Å². The van der Waals surface area contributed by atoms with E-state index in [9.17, 15) is 19.1 Å². The summed E-state index contributed by atoms with van der Waals surface area (Å²) < 4.78 is 19.6. The number of H-pyrrole nitrogens is 1. The van der Waals surface area contributed by atoms with E-state index in [4.69, 9.17) is 9.84 Å². The van der Waals surface area contributed by atoms with E-state index in [2.05, 4.69) is 0 Å². The quantitative estimate of drug-likeness (QED) is 0.598. The Hall–Kier alpha value is -1.58. The predicted molar refractivity (Wildman–Crippen MR) is 55.5 cm³/mol. The molecule has 1 aromatic heterocycles. The summed E-state index contributed by atoms with van der Waals surface area (Å²) in [6.45, 7) is -0.565. The first-order valence-electron chi connectivity index (χ1n) is 4.94. The second kappa shape index (κ2) is 4.96. The standard InChI is InChI=1S/C9H11FN2O5.FH/c10-9(3-5(14)6(4-13)17-9)12-2-1-7(15)11-8(12)16;/h1-2,5-6,13-14H,3-4H2,(H,11,15,16);1H/t5-,6+,9-;/m0./s1. The molecule has 0 amide bonds. The smallest absolute Gasteiger partial charge is 0.332 e. The lowest BCUT2D eigenvalue weighted by Crippen LogP contribution is -2.41. The van der Waals surface area contributed by atoms with E-state index < -0.39 is 42.5 Å². The zero-order valence-electron chi connectivity index (χ0n) is 9.08. The van der Waals surface area contributed by atoms with E-state index in [-0.39, 0.29) is 4.70 Å². The van der Waals surface area contributed by atoms with Crippen molar-refractivity contribution in [3.8, 4) is 0 Å². The number of hydrogen-bond donors (Lipinski definition) is 3. The first kappa shape index (κ1) is 14.5. The molecule has 1 aliphatic heterocycles. The normalized spacial score (nSPS) is 31.1. The van der Waals surface area contributed by atoms with Crippen LogP contribution in [-0.4, -0.2) is 38.6 Å². The van der Waals surface area contributed by atoms with Crippen LogP contribution in [0.15, 0.2) is 21.9 Å². The molecule has 3 atom stereocenters. The average molecular weight is 266 g/mol. The van der Waals surface area contributed by atoms with Gasteiger partial charge in [0.25, 0.3) is 11.5 Å². The van der Waals surface area contributed by atoms with Crippen LogP contribution in [-0.2, 0) is 10.7 Å². The first-order chi connectivity index (χ1) is 7.96. The predicted octanol–water partition coefficient (Wildman–Crippen LogP) is -1.59. The number of aliphatic hydroxyl groups excluding tert-OH is 2. The van der Waals surface area contributed by atoms with Crippen molar-refractivity contribution in [3.63, 3.8) is 0 Å². The zero-order chi connectivity index (χ0) is 12.6. The van der Waals surface area contributed by atoms with Crippen molar-refractivity contribution in [2.75, 3.05) is 6.61 Å². The highest BCUT2D eigenvalue weighted by atomic mass is 19.2. The number of ether oxygens (including phenoxy) is 1. The van der Waals surface area contributed by atoms with Crippen LogP contribution in [0.5, 0.6) is 0 Å². The Balaban J connectivity index is 0.00000162. The molecule has 9 heteroatoms. The third kappa shape index (κ3) is 2.33. The molecule has 2 heterocycles. The van der Waals surface area contributed by atoms with Gasteiger partial charge in [0.15, 0.2) is 0 Å². The molecule has 0 radical (unpaired) electrons. The van der Waals surface area contributed by atoms with E-state index in [0.717, 1.165) is 12.3 Å². The summed E-state index contributed by atoms with van der Waals surface area (Å²) in [4.78, 5) is 24.1. The minimum atomic E-state index is -2.56. The Labute approximate surface area is 98.8 Å². The van der Waals surface area contributed by atoms with E-state index in [0.29, 0.717) is 4.57 Å². The number of nitrogens with zero attached hydrogens (tertiary/aromatic N) is 1. The van der Waals surface area contributed by atoms with Crippen molar-refractivity contribution >= 4 is 0 Å². The van der Waals surface area contributed by atoms with Crippen LogP contribution in [0.2, 0.25) is 0 Å². The molecule has 3 N–H and O–H groups in total. The number of alkyl halides is 1. The second-order valence-electron chi connectivity index (χ2n) is 3.78. The number of halogens is 2. The van der Waals surface area contributed by atoms with E-state index in [1.807, 2.05) is 4.98 Å². The lowest BCUT2D eigenvalue weighted by Gasteiger charge is -2.21. The Morgan fingerprint density at radius 1 is 1.61 bits per heavy atom. The molecular weight excluding hydrogens is 254 g/mol. The number of hydrogen-bond acceptors (Lipinski definition) is 5. The monoisotopic (exact) mass is 266 g/mol. The Kier molecular flexibility index (Phi) is 3.99. The molecule has 1 saturated heterocycles. The minimum absolute atomic E-state index is 0. The molecule has 0 saturated carbocycles. The van der Waals surface area contributed by atoms with Crippen molar-refractivity contribution in [2.45, 2.75) is 24.6 Å². The largest absolute Gasteiger partial charge is 0.394 e. The molecule has 2 rings (SSSR count). The van der Waals surface area contributed by atoms with Crippen LogP contribution >= 0.6 is 0 Å². The number of nitrogens with one attached hydrogen (secondary N) is 1. The van der Waals surface area contributed by atoms with Crippen molar-refractivity contribution in [1.29, 1.82) is 0 Å². The van der Waals surface area contributed by atoms with E-state index in [1.54, 1.807) is 0 Å². The molecule has 1 aliphatic rings. The molecule has 1 aromatic rings. The fraction of sp³-hybridized carbons (Fsp3) is 0.556. The lowest BCUT2D eigenvalue weighted by molar-refractivity contribution is -0.205.